The highest BCUT2D eigenvalue weighted by molar-refractivity contribution is 7.80. The Morgan fingerprint density at radius 1 is 1.36 bits per heavy atom. The Hall–Kier alpha value is -1.30. The van der Waals surface area contributed by atoms with Gasteiger partial charge in [-0.2, -0.15) is 5.10 Å². The molecule has 0 amide bonds. The summed E-state index contributed by atoms with van der Waals surface area (Å²) in [4.78, 5) is 0. The molecule has 0 aliphatic rings. The van der Waals surface area contributed by atoms with Gasteiger partial charge < -0.3 is 10.6 Å². The van der Waals surface area contributed by atoms with Crippen LogP contribution < -0.4 is 10.6 Å². The van der Waals surface area contributed by atoms with Crippen molar-refractivity contribution in [3.05, 3.63) is 46.2 Å². The van der Waals surface area contributed by atoms with Crippen LogP contribution in [0, 0.1) is 0 Å². The van der Waals surface area contributed by atoms with E-state index in [2.05, 4.69) is 22.7 Å². The highest BCUT2D eigenvalue weighted by atomic mass is 35.5. The second kappa shape index (κ2) is 8.36. The van der Waals surface area contributed by atoms with E-state index in [9.17, 15) is 0 Å². The fourth-order valence-corrected chi connectivity index (χ4v) is 2.58. The van der Waals surface area contributed by atoms with E-state index in [-0.39, 0.29) is 0 Å². The molecule has 0 aliphatic carbocycles. The third-order valence-electron chi connectivity index (χ3n) is 3.05. The van der Waals surface area contributed by atoms with E-state index < -0.39 is 0 Å². The summed E-state index contributed by atoms with van der Waals surface area (Å²) in [5.41, 5.74) is 1.81. The number of thiocarbonyl (C=S) groups is 1. The number of unbranched alkanes of at least 4 members (excludes halogenated alkanes) is 1. The van der Waals surface area contributed by atoms with Crippen LogP contribution >= 0.6 is 35.4 Å². The number of aromatic nitrogens is 2. The molecule has 22 heavy (non-hydrogen) atoms. The molecule has 0 unspecified atom stereocenters. The van der Waals surface area contributed by atoms with Crippen LogP contribution in [-0.4, -0.2) is 21.4 Å². The number of rotatable bonds is 6. The van der Waals surface area contributed by atoms with Crippen molar-refractivity contribution in [3.8, 4) is 0 Å². The fourth-order valence-electron chi connectivity index (χ4n) is 1.89. The topological polar surface area (TPSA) is 41.9 Å². The predicted molar refractivity (Wildman–Crippen MR) is 96.9 cm³/mol. The third-order valence-corrected chi connectivity index (χ3v) is 3.89. The zero-order chi connectivity index (χ0) is 15.9. The van der Waals surface area contributed by atoms with E-state index >= 15 is 0 Å². The third kappa shape index (κ3) is 5.16. The summed E-state index contributed by atoms with van der Waals surface area (Å²) in [6.45, 7) is 3.59. The van der Waals surface area contributed by atoms with Crippen molar-refractivity contribution in [2.45, 2.75) is 26.3 Å². The van der Waals surface area contributed by atoms with Crippen LogP contribution in [0.2, 0.25) is 10.0 Å². The summed E-state index contributed by atoms with van der Waals surface area (Å²) >= 11 is 17.3. The average Bonchev–Trinajstić information content (AvgIpc) is 2.89. The Kier molecular flexibility index (Phi) is 6.49. The van der Waals surface area contributed by atoms with Gasteiger partial charge in [-0.25, -0.2) is 0 Å². The number of hydrogen-bond acceptors (Lipinski definition) is 2. The van der Waals surface area contributed by atoms with Gasteiger partial charge in [0, 0.05) is 22.8 Å². The molecule has 2 aromatic rings. The number of nitrogens with one attached hydrogen (secondary N) is 2. The molecule has 0 saturated carbocycles. The van der Waals surface area contributed by atoms with Crippen molar-refractivity contribution in [1.29, 1.82) is 0 Å². The monoisotopic (exact) mass is 356 g/mol. The van der Waals surface area contributed by atoms with Gasteiger partial charge in [-0.3, -0.25) is 4.68 Å². The van der Waals surface area contributed by atoms with Crippen molar-refractivity contribution in [2.24, 2.45) is 0 Å². The van der Waals surface area contributed by atoms with Crippen molar-refractivity contribution in [2.75, 3.05) is 11.9 Å². The zero-order valence-corrected chi connectivity index (χ0v) is 14.6. The molecular formula is C15H18Cl2N4S. The second-order valence-corrected chi connectivity index (χ2v) is 6.15. The van der Waals surface area contributed by atoms with Gasteiger partial charge >= 0.3 is 0 Å². The number of benzene rings is 1. The first-order valence-electron chi connectivity index (χ1n) is 7.09. The minimum Gasteiger partial charge on any atom is -0.362 e. The summed E-state index contributed by atoms with van der Waals surface area (Å²) in [6, 6.07) is 5.45. The van der Waals surface area contributed by atoms with Crippen LogP contribution in [0.4, 0.5) is 5.69 Å². The molecule has 0 atom stereocenters. The molecule has 1 heterocycles. The van der Waals surface area contributed by atoms with Gasteiger partial charge in [-0.05, 0) is 36.3 Å². The highest BCUT2D eigenvalue weighted by Crippen LogP contribution is 2.22. The summed E-state index contributed by atoms with van der Waals surface area (Å²) in [5.74, 6) is 0. The number of hydrogen-bond donors (Lipinski definition) is 2. The molecule has 0 spiro atoms. The van der Waals surface area contributed by atoms with Gasteiger partial charge in [-0.15, -0.1) is 0 Å². The molecule has 2 N–H and O–H groups in total. The molecule has 0 bridgehead atoms. The first kappa shape index (κ1) is 17.1. The van der Waals surface area contributed by atoms with E-state index in [1.807, 2.05) is 18.3 Å². The molecular weight excluding hydrogens is 339 g/mol. The Morgan fingerprint density at radius 2 is 2.18 bits per heavy atom. The summed E-state index contributed by atoms with van der Waals surface area (Å²) < 4.78 is 1.80. The molecule has 0 fully saturated rings. The SMILES string of the molecule is CCCCNC(=S)Nc1cnn(Cc2ccc(Cl)cc2Cl)c1. The van der Waals surface area contributed by atoms with Gasteiger partial charge in [0.15, 0.2) is 5.11 Å². The number of nitrogens with zero attached hydrogens (tertiary/aromatic N) is 2. The summed E-state index contributed by atoms with van der Waals surface area (Å²) in [5, 5.41) is 12.4. The Morgan fingerprint density at radius 3 is 2.91 bits per heavy atom. The van der Waals surface area contributed by atoms with E-state index in [4.69, 9.17) is 35.4 Å². The van der Waals surface area contributed by atoms with Gasteiger partial charge in [0.05, 0.1) is 18.4 Å². The predicted octanol–water partition coefficient (Wildman–Crippen LogP) is 4.32. The van der Waals surface area contributed by atoms with Crippen molar-refractivity contribution in [1.82, 2.24) is 15.1 Å². The smallest absolute Gasteiger partial charge is 0.170 e. The Balaban J connectivity index is 1.92. The largest absolute Gasteiger partial charge is 0.362 e. The van der Waals surface area contributed by atoms with E-state index in [0.29, 0.717) is 21.7 Å². The van der Waals surface area contributed by atoms with Crippen LogP contribution in [0.25, 0.3) is 0 Å². The highest BCUT2D eigenvalue weighted by Gasteiger charge is 2.05. The maximum absolute atomic E-state index is 6.17. The minimum absolute atomic E-state index is 0.577. The molecule has 2 rings (SSSR count). The van der Waals surface area contributed by atoms with Crippen molar-refractivity contribution < 1.29 is 0 Å². The van der Waals surface area contributed by atoms with E-state index in [0.717, 1.165) is 30.6 Å². The molecule has 118 valence electrons. The Bertz CT molecular complexity index is 642. The van der Waals surface area contributed by atoms with Crippen molar-refractivity contribution in [3.63, 3.8) is 0 Å². The second-order valence-electron chi connectivity index (χ2n) is 4.90. The molecule has 7 heteroatoms. The normalized spacial score (nSPS) is 10.5. The zero-order valence-electron chi connectivity index (χ0n) is 12.3. The lowest BCUT2D eigenvalue weighted by atomic mass is 10.2. The Labute approximate surface area is 145 Å². The lowest BCUT2D eigenvalue weighted by molar-refractivity contribution is 0.687. The molecule has 0 saturated heterocycles. The average molecular weight is 357 g/mol. The van der Waals surface area contributed by atoms with E-state index in [1.165, 1.54) is 0 Å². The first-order chi connectivity index (χ1) is 10.6. The van der Waals surface area contributed by atoms with Crippen LogP contribution in [-0.2, 0) is 6.54 Å². The first-order valence-corrected chi connectivity index (χ1v) is 8.26. The van der Waals surface area contributed by atoms with Crippen LogP contribution in [0.1, 0.15) is 25.3 Å². The van der Waals surface area contributed by atoms with Gasteiger partial charge in [0.25, 0.3) is 0 Å². The fraction of sp³-hybridized carbons (Fsp3) is 0.333. The summed E-state index contributed by atoms with van der Waals surface area (Å²) in [7, 11) is 0. The van der Waals surface area contributed by atoms with Crippen molar-refractivity contribution >= 4 is 46.2 Å². The van der Waals surface area contributed by atoms with Gasteiger partial charge in [0.1, 0.15) is 0 Å². The standard InChI is InChI=1S/C15H18Cl2N4S/c1-2-3-6-18-15(22)20-13-8-19-21(10-13)9-11-4-5-12(16)7-14(11)17/h4-5,7-8,10H,2-3,6,9H2,1H3,(H2,18,20,22). The lowest BCUT2D eigenvalue weighted by Gasteiger charge is -2.08. The summed E-state index contributed by atoms with van der Waals surface area (Å²) in [6.07, 6.45) is 5.85. The van der Waals surface area contributed by atoms with E-state index in [1.54, 1.807) is 16.9 Å². The molecule has 0 radical (unpaired) electrons. The van der Waals surface area contributed by atoms with Gasteiger partial charge in [-0.1, -0.05) is 42.6 Å². The molecule has 1 aromatic carbocycles. The lowest BCUT2D eigenvalue weighted by Crippen LogP contribution is -2.28. The number of halogens is 2. The number of anilines is 1. The molecule has 1 aromatic heterocycles. The van der Waals surface area contributed by atoms with Crippen LogP contribution in [0.15, 0.2) is 30.6 Å². The van der Waals surface area contributed by atoms with Gasteiger partial charge in [0.2, 0.25) is 0 Å². The van der Waals surface area contributed by atoms with Crippen LogP contribution in [0.3, 0.4) is 0 Å². The minimum atomic E-state index is 0.577. The molecule has 4 nitrogen and oxygen atoms in total. The maximum Gasteiger partial charge on any atom is 0.170 e. The molecule has 0 aliphatic heterocycles. The quantitative estimate of drug-likeness (QED) is 0.597. The van der Waals surface area contributed by atoms with Crippen LogP contribution in [0.5, 0.6) is 0 Å². The maximum atomic E-state index is 6.17.